The molecule has 454 valence electrons. The van der Waals surface area contributed by atoms with Gasteiger partial charge >= 0.3 is 0 Å². The first-order chi connectivity index (χ1) is 57.3. The minimum absolute atomic E-state index is 0.0368. The van der Waals surface area contributed by atoms with Gasteiger partial charge < -0.3 is 23.5 Å². The first-order valence-electron chi connectivity index (χ1n) is 42.4. The van der Waals surface area contributed by atoms with Gasteiger partial charge in [0.15, 0.2) is 0 Å². The Morgan fingerprint density at radius 2 is 0.776 bits per heavy atom. The van der Waals surface area contributed by atoms with E-state index < -0.39 is 134 Å². The zero-order chi connectivity index (χ0) is 82.8. The van der Waals surface area contributed by atoms with Gasteiger partial charge in [-0.25, -0.2) is 0 Å². The lowest BCUT2D eigenvalue weighted by Crippen LogP contribution is -2.61. The summed E-state index contributed by atoms with van der Waals surface area (Å²) in [6, 6.07) is 58.2. The van der Waals surface area contributed by atoms with Crippen LogP contribution in [0.25, 0.3) is 127 Å². The van der Waals surface area contributed by atoms with E-state index in [2.05, 4.69) is 12.1 Å². The number of fused-ring (bicyclic) bond motifs is 13. The highest BCUT2D eigenvalue weighted by atomic mass is 15.2. The summed E-state index contributed by atoms with van der Waals surface area (Å²) in [6.45, 7) is -1.02. The monoisotopic (exact) mass is 1270 g/mol. The molecule has 20 rings (SSSR count). The Labute approximate surface area is 596 Å². The SMILES string of the molecule is [2H]c1c([2H])c([2H])c(-c2ccc3c(c2)N(c2cccc(-n4c5ccccc5c5c(-c6ccccc6)cccc54)c2C#N)c2cc(-n4c5c([2H])c([2H])c([2H])c([2H])c5c5c([2H])c([2H])c([2H])c([2H])c54)cc4c2B3c2ccc(-n3c5c([2H])c([2H])c([2H])c([2H])c5c5c([2H])c([2H])c([2H])c([2H])c53)cc2N4c2cc(-c3ccccc3)cc(-c3ccccc3)c2)c([2H])c1[2H]. The molecule has 0 saturated heterocycles. The van der Waals surface area contributed by atoms with Crippen LogP contribution in [-0.2, 0) is 0 Å². The van der Waals surface area contributed by atoms with E-state index in [1.807, 2.05) is 178 Å². The highest BCUT2D eigenvalue weighted by molar-refractivity contribution is 7.00. The molecular weight excluding hydrogens is 1190 g/mol. The maximum absolute atomic E-state index is 12.6. The van der Waals surface area contributed by atoms with Crippen LogP contribution in [0.1, 0.15) is 34.3 Å². The molecule has 0 unspecified atom stereocenters. The molecule has 15 aromatic carbocycles. The molecule has 6 nitrogen and oxygen atoms in total. The van der Waals surface area contributed by atoms with Crippen molar-refractivity contribution in [2.75, 3.05) is 9.80 Å². The predicted octanol–water partition coefficient (Wildman–Crippen LogP) is 21.6. The van der Waals surface area contributed by atoms with Crippen LogP contribution in [0.2, 0.25) is 0 Å². The summed E-state index contributed by atoms with van der Waals surface area (Å²) in [5.74, 6) is 0. The highest BCUT2D eigenvalue weighted by Gasteiger charge is 2.45. The van der Waals surface area contributed by atoms with Gasteiger partial charge in [-0.2, -0.15) is 5.26 Å². The lowest BCUT2D eigenvalue weighted by molar-refractivity contribution is 1.14. The molecule has 0 bridgehead atoms. The van der Waals surface area contributed by atoms with E-state index in [1.54, 1.807) is 48.5 Å². The van der Waals surface area contributed by atoms with Crippen LogP contribution in [0.3, 0.4) is 0 Å². The molecule has 0 aliphatic carbocycles. The third-order valence-corrected chi connectivity index (χ3v) is 19.2. The molecule has 98 heavy (non-hydrogen) atoms. The second-order valence-electron chi connectivity index (χ2n) is 24.3. The van der Waals surface area contributed by atoms with Gasteiger partial charge in [0.05, 0.1) is 78.9 Å². The van der Waals surface area contributed by atoms with Crippen LogP contribution < -0.4 is 26.2 Å². The van der Waals surface area contributed by atoms with E-state index in [0.29, 0.717) is 50.3 Å². The minimum Gasteiger partial charge on any atom is -0.311 e. The summed E-state index contributed by atoms with van der Waals surface area (Å²) in [5.41, 5.74) is 9.53. The number of anilines is 6. The van der Waals surface area contributed by atoms with Crippen LogP contribution in [0, 0.1) is 11.3 Å². The van der Waals surface area contributed by atoms with Gasteiger partial charge in [0.2, 0.25) is 0 Å². The number of benzene rings is 15. The number of nitrogens with zero attached hydrogens (tertiary/aromatic N) is 6. The van der Waals surface area contributed by atoms with E-state index in [-0.39, 0.29) is 88.7 Å². The maximum atomic E-state index is 12.6. The van der Waals surface area contributed by atoms with Crippen molar-refractivity contribution in [3.05, 3.63) is 351 Å². The van der Waals surface area contributed by atoms with Crippen molar-refractivity contribution >= 4 is 123 Å². The van der Waals surface area contributed by atoms with Crippen molar-refractivity contribution in [2.24, 2.45) is 0 Å². The molecule has 0 N–H and O–H groups in total. The third kappa shape index (κ3) is 8.35. The minimum atomic E-state index is -1.02. The van der Waals surface area contributed by atoms with Gasteiger partial charge in [-0.3, -0.25) is 0 Å². The number of aromatic nitrogens is 3. The first kappa shape index (κ1) is 38.3. The number of rotatable bonds is 9. The van der Waals surface area contributed by atoms with E-state index in [0.717, 1.165) is 44.1 Å². The molecule has 18 aromatic rings. The summed E-state index contributed by atoms with van der Waals surface area (Å²) in [7, 11) is 0. The van der Waals surface area contributed by atoms with Crippen molar-refractivity contribution in [3.63, 3.8) is 0 Å². The van der Waals surface area contributed by atoms with Crippen molar-refractivity contribution in [1.82, 2.24) is 13.7 Å². The Bertz CT molecular complexity index is 7430. The molecule has 0 saturated carbocycles. The Morgan fingerprint density at radius 3 is 1.39 bits per heavy atom. The summed E-state index contributed by atoms with van der Waals surface area (Å²) in [6.07, 6.45) is 0. The van der Waals surface area contributed by atoms with E-state index in [4.69, 9.17) is 6.85 Å². The second kappa shape index (κ2) is 22.0. The smallest absolute Gasteiger partial charge is 0.252 e. The van der Waals surface area contributed by atoms with Crippen LogP contribution in [0.5, 0.6) is 0 Å². The van der Waals surface area contributed by atoms with Gasteiger partial charge in [-0.05, 0) is 158 Å². The summed E-state index contributed by atoms with van der Waals surface area (Å²) in [5, 5.41) is 13.5. The second-order valence-corrected chi connectivity index (χ2v) is 24.3. The van der Waals surface area contributed by atoms with Gasteiger partial charge in [-0.1, -0.05) is 248 Å². The van der Waals surface area contributed by atoms with Crippen molar-refractivity contribution in [1.29, 1.82) is 5.26 Å². The van der Waals surface area contributed by atoms with Crippen LogP contribution in [0.15, 0.2) is 345 Å². The average molecular weight is 1270 g/mol. The molecule has 0 spiro atoms. The van der Waals surface area contributed by atoms with Gasteiger partial charge in [-0.15, -0.1) is 0 Å². The quantitative estimate of drug-likeness (QED) is 0.135. The lowest BCUT2D eigenvalue weighted by Gasteiger charge is -2.45. The highest BCUT2D eigenvalue weighted by Crippen LogP contribution is 2.51. The fourth-order valence-electron chi connectivity index (χ4n) is 15.2. The van der Waals surface area contributed by atoms with Gasteiger partial charge in [0.1, 0.15) is 11.6 Å². The molecule has 2 aliphatic rings. The lowest BCUT2D eigenvalue weighted by atomic mass is 9.33. The summed E-state index contributed by atoms with van der Waals surface area (Å²) < 4.78 is 203. The van der Waals surface area contributed by atoms with E-state index >= 15 is 0 Å². The molecule has 3 aromatic heterocycles. The molecule has 2 aliphatic heterocycles. The van der Waals surface area contributed by atoms with Crippen molar-refractivity contribution < 1.29 is 28.8 Å². The number of para-hydroxylation sites is 5. The molecule has 0 radical (unpaired) electrons. The zero-order valence-electron chi connectivity index (χ0n) is 72.5. The Hall–Kier alpha value is -13.1. The Balaban J connectivity index is 0.997. The number of hydrogen-bond acceptors (Lipinski definition) is 3. The fourth-order valence-corrected chi connectivity index (χ4v) is 15.2. The van der Waals surface area contributed by atoms with Crippen LogP contribution >= 0.6 is 0 Å². The molecule has 0 amide bonds. The topological polar surface area (TPSA) is 45.1 Å². The maximum Gasteiger partial charge on any atom is 0.252 e. The van der Waals surface area contributed by atoms with Gasteiger partial charge in [0.25, 0.3) is 6.71 Å². The summed E-state index contributed by atoms with van der Waals surface area (Å²) in [4.78, 5) is 3.81. The van der Waals surface area contributed by atoms with E-state index in [1.165, 1.54) is 9.13 Å². The van der Waals surface area contributed by atoms with Crippen molar-refractivity contribution in [3.8, 4) is 67.6 Å². The third-order valence-electron chi connectivity index (χ3n) is 19.2. The van der Waals surface area contributed by atoms with Crippen LogP contribution in [-0.4, -0.2) is 20.4 Å². The van der Waals surface area contributed by atoms with Crippen LogP contribution in [0.4, 0.5) is 34.1 Å². The number of hydrogen-bond donors (Lipinski definition) is 0. The predicted molar refractivity (Wildman–Crippen MR) is 410 cm³/mol. The molecule has 0 fully saturated rings. The first-order valence-corrected chi connectivity index (χ1v) is 31.9. The Morgan fingerprint density at radius 1 is 0.286 bits per heavy atom. The Kier molecular flexibility index (Phi) is 8.58. The largest absolute Gasteiger partial charge is 0.311 e. The number of nitriles is 1. The standard InChI is InChI=1S/C91H57BN6/c93-58-75-83(97-82-43-22-17-37-74(82)90-69(38-23-46-85(90)97)62-31-11-4-12-32-62)44-24-45-84(75)98-86-54-63(59-25-5-1-6-26-59)47-49-76(86)92-77-50-48-66(94-78-39-18-13-33-70(78)71-34-14-19-40-79(71)94)55-87(77)96(67-52-64(60-27-7-2-8-28-60)51-65(53-67)61-29-9-3-10-30-61)88-56-68(57-89(98)91(88)92)95-80-41-20-15-35-72(80)73-36-16-21-42-81(73)95/h1-57H/i1D,5D,6D,13D,14D,15D,16D,18D,19D,20D,21D,25D,26D,33D,34D,35D,36D,39D,40D,41D,42D. The van der Waals surface area contributed by atoms with Crippen molar-refractivity contribution in [2.45, 2.75) is 0 Å². The normalized spacial score (nSPS) is 15.4. The van der Waals surface area contributed by atoms with E-state index in [9.17, 15) is 27.2 Å². The molecule has 7 heteroatoms. The van der Waals surface area contributed by atoms with Gasteiger partial charge in [0, 0.05) is 66.4 Å². The fraction of sp³-hybridized carbons (Fsp3) is 0. The average Bonchev–Trinajstić information content (AvgIpc) is 1.68. The molecular formula is C91H57BN6. The summed E-state index contributed by atoms with van der Waals surface area (Å²) >= 11 is 0. The zero-order valence-corrected chi connectivity index (χ0v) is 51.5. The molecule has 0 atom stereocenters. The molecule has 5 heterocycles.